The Morgan fingerprint density at radius 2 is 1.54 bits per heavy atom. The van der Waals surface area contributed by atoms with Gasteiger partial charge in [-0.25, -0.2) is 4.79 Å². The van der Waals surface area contributed by atoms with Gasteiger partial charge < -0.3 is 10.2 Å². The van der Waals surface area contributed by atoms with Crippen molar-refractivity contribution >= 4 is 17.3 Å². The molecule has 0 aromatic heterocycles. The molecule has 0 aliphatic carbocycles. The summed E-state index contributed by atoms with van der Waals surface area (Å²) >= 11 is 0. The topological polar surface area (TPSA) is 82.2 Å². The molecule has 2 N–H and O–H groups in total. The van der Waals surface area contributed by atoms with Crippen molar-refractivity contribution in [3.05, 3.63) is 78.4 Å². The molecular formula is C19H14N2O3. The number of nitrogens with zero attached hydrogens (tertiary/aromatic N) is 2. The van der Waals surface area contributed by atoms with Crippen LogP contribution in [0.25, 0.3) is 11.1 Å². The maximum Gasteiger partial charge on any atom is 0.337 e. The molecule has 5 heteroatoms. The van der Waals surface area contributed by atoms with Crippen LogP contribution >= 0.6 is 0 Å². The van der Waals surface area contributed by atoms with E-state index in [0.29, 0.717) is 11.3 Å². The van der Waals surface area contributed by atoms with E-state index in [1.54, 1.807) is 36.4 Å². The van der Waals surface area contributed by atoms with Gasteiger partial charge in [0.15, 0.2) is 0 Å². The van der Waals surface area contributed by atoms with Gasteiger partial charge in [0, 0.05) is 5.56 Å². The molecule has 0 saturated carbocycles. The largest absolute Gasteiger partial charge is 0.507 e. The molecule has 0 fully saturated rings. The number of hydrogen-bond donors (Lipinski definition) is 2. The zero-order valence-corrected chi connectivity index (χ0v) is 12.6. The number of hydrogen-bond acceptors (Lipinski definition) is 4. The van der Waals surface area contributed by atoms with Crippen molar-refractivity contribution in [3.63, 3.8) is 0 Å². The number of azo groups is 1. The van der Waals surface area contributed by atoms with E-state index in [-0.39, 0.29) is 17.0 Å². The summed E-state index contributed by atoms with van der Waals surface area (Å²) in [5.74, 6) is -0.911. The summed E-state index contributed by atoms with van der Waals surface area (Å²) < 4.78 is 0. The highest BCUT2D eigenvalue weighted by atomic mass is 16.4. The maximum absolute atomic E-state index is 11.2. The number of aromatic hydroxyl groups is 1. The van der Waals surface area contributed by atoms with Crippen molar-refractivity contribution in [3.8, 4) is 16.9 Å². The van der Waals surface area contributed by atoms with E-state index in [4.69, 9.17) is 5.11 Å². The normalized spacial score (nSPS) is 10.8. The van der Waals surface area contributed by atoms with Crippen LogP contribution in [0, 0.1) is 0 Å². The Morgan fingerprint density at radius 1 is 0.833 bits per heavy atom. The summed E-state index contributed by atoms with van der Waals surface area (Å²) in [5, 5.41) is 27.3. The van der Waals surface area contributed by atoms with Crippen LogP contribution in [0.3, 0.4) is 0 Å². The predicted molar refractivity (Wildman–Crippen MR) is 91.1 cm³/mol. The number of phenolic OH excluding ortho intramolecular Hbond substituents is 1. The molecule has 0 saturated heterocycles. The first-order valence-electron chi connectivity index (χ1n) is 7.27. The zero-order chi connectivity index (χ0) is 16.9. The van der Waals surface area contributed by atoms with Crippen LogP contribution in [-0.4, -0.2) is 16.2 Å². The van der Waals surface area contributed by atoms with Crippen LogP contribution < -0.4 is 0 Å². The number of carboxylic acids is 1. The quantitative estimate of drug-likeness (QED) is 0.651. The minimum absolute atomic E-state index is 0.0864. The third-order valence-corrected chi connectivity index (χ3v) is 3.47. The molecule has 24 heavy (non-hydrogen) atoms. The van der Waals surface area contributed by atoms with Gasteiger partial charge in [-0.1, -0.05) is 42.5 Å². The lowest BCUT2D eigenvalue weighted by molar-refractivity contribution is 0.0697. The molecule has 0 aliphatic rings. The van der Waals surface area contributed by atoms with E-state index >= 15 is 0 Å². The molecule has 0 bridgehead atoms. The average molecular weight is 318 g/mol. The van der Waals surface area contributed by atoms with E-state index in [9.17, 15) is 9.90 Å². The summed E-state index contributed by atoms with van der Waals surface area (Å²) in [6.07, 6.45) is 0. The molecule has 3 aromatic rings. The maximum atomic E-state index is 11.2. The Bertz CT molecular complexity index is 905. The SMILES string of the molecule is O=C(O)c1ccccc1N=Nc1ccc(O)c(-c2ccccc2)c1. The van der Waals surface area contributed by atoms with Crippen LogP contribution in [0.5, 0.6) is 5.75 Å². The van der Waals surface area contributed by atoms with E-state index in [0.717, 1.165) is 5.56 Å². The summed E-state index contributed by atoms with van der Waals surface area (Å²) in [6, 6.07) is 20.7. The van der Waals surface area contributed by atoms with Crippen molar-refractivity contribution in [2.24, 2.45) is 10.2 Å². The Labute approximate surface area is 138 Å². The second-order valence-electron chi connectivity index (χ2n) is 5.09. The Hall–Kier alpha value is -3.47. The highest BCUT2D eigenvalue weighted by Gasteiger charge is 2.09. The predicted octanol–water partition coefficient (Wildman–Crippen LogP) is 5.17. The first-order chi connectivity index (χ1) is 11.6. The average Bonchev–Trinajstić information content (AvgIpc) is 2.62. The van der Waals surface area contributed by atoms with Gasteiger partial charge in [-0.2, -0.15) is 5.11 Å². The number of carboxylic acid groups (broad SMARTS) is 1. The van der Waals surface area contributed by atoms with Crippen molar-refractivity contribution in [2.75, 3.05) is 0 Å². The van der Waals surface area contributed by atoms with Crippen molar-refractivity contribution in [2.45, 2.75) is 0 Å². The molecule has 5 nitrogen and oxygen atoms in total. The standard InChI is InChI=1S/C19H14N2O3/c22-18-11-10-14(12-16(18)13-6-2-1-3-7-13)20-21-17-9-5-4-8-15(17)19(23)24/h1-12,22H,(H,23,24). The van der Waals surface area contributed by atoms with Crippen LogP contribution in [0.4, 0.5) is 11.4 Å². The van der Waals surface area contributed by atoms with Crippen molar-refractivity contribution < 1.29 is 15.0 Å². The van der Waals surface area contributed by atoms with Crippen LogP contribution in [0.15, 0.2) is 83.0 Å². The van der Waals surface area contributed by atoms with E-state index < -0.39 is 5.97 Å². The summed E-state index contributed by atoms with van der Waals surface area (Å²) in [5.41, 5.74) is 2.38. The molecule has 3 aromatic carbocycles. The highest BCUT2D eigenvalue weighted by Crippen LogP contribution is 2.33. The van der Waals surface area contributed by atoms with Gasteiger partial charge in [-0.15, -0.1) is 5.11 Å². The third-order valence-electron chi connectivity index (χ3n) is 3.47. The van der Waals surface area contributed by atoms with Gasteiger partial charge in [0.1, 0.15) is 11.4 Å². The lowest BCUT2D eigenvalue weighted by atomic mass is 10.0. The number of rotatable bonds is 4. The number of phenols is 1. The summed E-state index contributed by atoms with van der Waals surface area (Å²) in [7, 11) is 0. The lowest BCUT2D eigenvalue weighted by Crippen LogP contribution is -1.95. The molecule has 118 valence electrons. The molecule has 0 unspecified atom stereocenters. The molecular weight excluding hydrogens is 304 g/mol. The first kappa shape index (κ1) is 15.4. The number of carbonyl (C=O) groups is 1. The molecule has 0 aliphatic heterocycles. The monoisotopic (exact) mass is 318 g/mol. The highest BCUT2D eigenvalue weighted by molar-refractivity contribution is 5.93. The van der Waals surface area contributed by atoms with Crippen LogP contribution in [0.2, 0.25) is 0 Å². The fraction of sp³-hybridized carbons (Fsp3) is 0. The molecule has 3 rings (SSSR count). The smallest absolute Gasteiger partial charge is 0.337 e. The Balaban J connectivity index is 1.96. The van der Waals surface area contributed by atoms with Gasteiger partial charge in [-0.3, -0.25) is 0 Å². The van der Waals surface area contributed by atoms with Crippen molar-refractivity contribution in [1.82, 2.24) is 0 Å². The molecule has 0 atom stereocenters. The van der Waals surface area contributed by atoms with E-state index in [1.165, 1.54) is 6.07 Å². The second kappa shape index (κ2) is 6.75. The molecule has 0 radical (unpaired) electrons. The lowest BCUT2D eigenvalue weighted by Gasteiger charge is -2.05. The number of aromatic carboxylic acids is 1. The summed E-state index contributed by atoms with van der Waals surface area (Å²) in [4.78, 5) is 11.2. The van der Waals surface area contributed by atoms with Gasteiger partial charge >= 0.3 is 5.97 Å². The van der Waals surface area contributed by atoms with Crippen LogP contribution in [0.1, 0.15) is 10.4 Å². The Morgan fingerprint density at radius 3 is 2.29 bits per heavy atom. The van der Waals surface area contributed by atoms with Gasteiger partial charge in [0.25, 0.3) is 0 Å². The summed E-state index contributed by atoms with van der Waals surface area (Å²) in [6.45, 7) is 0. The van der Waals surface area contributed by atoms with Gasteiger partial charge in [-0.05, 0) is 35.9 Å². The molecule has 0 heterocycles. The number of benzene rings is 3. The first-order valence-corrected chi connectivity index (χ1v) is 7.27. The third kappa shape index (κ3) is 3.30. The minimum Gasteiger partial charge on any atom is -0.507 e. The van der Waals surface area contributed by atoms with Crippen molar-refractivity contribution in [1.29, 1.82) is 0 Å². The van der Waals surface area contributed by atoms with Crippen LogP contribution in [-0.2, 0) is 0 Å². The van der Waals surface area contributed by atoms with Gasteiger partial charge in [0.2, 0.25) is 0 Å². The van der Waals surface area contributed by atoms with E-state index in [2.05, 4.69) is 10.2 Å². The van der Waals surface area contributed by atoms with Gasteiger partial charge in [0.05, 0.1) is 11.3 Å². The fourth-order valence-corrected chi connectivity index (χ4v) is 2.29. The molecule has 0 spiro atoms. The second-order valence-corrected chi connectivity index (χ2v) is 5.09. The Kier molecular flexibility index (Phi) is 4.34. The molecule has 0 amide bonds. The van der Waals surface area contributed by atoms with E-state index in [1.807, 2.05) is 30.3 Å². The fourth-order valence-electron chi connectivity index (χ4n) is 2.29. The minimum atomic E-state index is -1.06. The zero-order valence-electron chi connectivity index (χ0n) is 12.6.